The first-order valence-electron chi connectivity index (χ1n) is 7.64. The first kappa shape index (κ1) is 17.8. The Morgan fingerprint density at radius 2 is 1.76 bits per heavy atom. The molecule has 0 radical (unpaired) electrons. The number of aliphatic carboxylic acids is 1. The Labute approximate surface area is 128 Å². The van der Waals surface area contributed by atoms with Crippen LogP contribution in [0.2, 0.25) is 0 Å². The highest BCUT2D eigenvalue weighted by Crippen LogP contribution is 2.53. The van der Waals surface area contributed by atoms with E-state index in [-0.39, 0.29) is 22.7 Å². The summed E-state index contributed by atoms with van der Waals surface area (Å²) >= 11 is 0. The Morgan fingerprint density at radius 3 is 2.14 bits per heavy atom. The van der Waals surface area contributed by atoms with Crippen LogP contribution in [0.5, 0.6) is 0 Å². The second-order valence-electron chi connectivity index (χ2n) is 8.47. The van der Waals surface area contributed by atoms with E-state index in [0.717, 1.165) is 17.6 Å². The van der Waals surface area contributed by atoms with E-state index in [2.05, 4.69) is 48.5 Å². The van der Waals surface area contributed by atoms with Gasteiger partial charge in [0.05, 0.1) is 0 Å². The van der Waals surface area contributed by atoms with Gasteiger partial charge < -0.3 is 10.2 Å². The van der Waals surface area contributed by atoms with Gasteiger partial charge in [-0.2, -0.15) is 0 Å². The fraction of sp³-hybridized carbons (Fsp3) is 0.722. The summed E-state index contributed by atoms with van der Waals surface area (Å²) in [7, 11) is 0. The highest BCUT2D eigenvalue weighted by molar-refractivity contribution is 5.67. The van der Waals surface area contributed by atoms with Gasteiger partial charge in [-0.3, -0.25) is 4.79 Å². The summed E-state index contributed by atoms with van der Waals surface area (Å²) in [5.41, 5.74) is 1.43. The summed E-state index contributed by atoms with van der Waals surface area (Å²) in [5, 5.41) is 19.8. The first-order valence-corrected chi connectivity index (χ1v) is 7.64. The smallest absolute Gasteiger partial charge is 0.303 e. The van der Waals surface area contributed by atoms with Crippen molar-refractivity contribution < 1.29 is 15.0 Å². The van der Waals surface area contributed by atoms with Crippen LogP contribution >= 0.6 is 0 Å². The van der Waals surface area contributed by atoms with Gasteiger partial charge in [0, 0.05) is 11.8 Å². The molecule has 0 aromatic carbocycles. The van der Waals surface area contributed by atoms with Gasteiger partial charge in [-0.05, 0) is 29.2 Å². The normalized spacial score (nSPS) is 24.0. The minimum atomic E-state index is -0.774. The molecule has 0 amide bonds. The maximum atomic E-state index is 10.9. The van der Waals surface area contributed by atoms with Crippen LogP contribution in [0.1, 0.15) is 67.7 Å². The van der Waals surface area contributed by atoms with Crippen molar-refractivity contribution in [3.05, 3.63) is 23.0 Å². The number of aliphatic hydroxyl groups excluding tert-OH is 1. The predicted octanol–water partition coefficient (Wildman–Crippen LogP) is 5.09. The van der Waals surface area contributed by atoms with Crippen LogP contribution in [0.25, 0.3) is 0 Å². The number of aliphatic hydroxyl groups is 1. The SMILES string of the molecule is CC(C)(C)C1=C(O)C(C)(C(C)(C)C)CC(CCC(=O)O)=C1. The number of carboxylic acids is 1. The lowest BCUT2D eigenvalue weighted by atomic mass is 9.59. The van der Waals surface area contributed by atoms with Crippen molar-refractivity contribution in [3.8, 4) is 0 Å². The molecule has 0 heterocycles. The zero-order valence-electron chi connectivity index (χ0n) is 14.5. The molecule has 1 unspecified atom stereocenters. The summed E-state index contributed by atoms with van der Waals surface area (Å²) in [6, 6.07) is 0. The second kappa shape index (κ2) is 5.51. The maximum absolute atomic E-state index is 10.9. The third kappa shape index (κ3) is 3.69. The van der Waals surface area contributed by atoms with Crippen molar-refractivity contribution in [1.82, 2.24) is 0 Å². The van der Waals surface area contributed by atoms with Gasteiger partial charge in [-0.1, -0.05) is 60.1 Å². The molecule has 3 nitrogen and oxygen atoms in total. The zero-order chi connectivity index (χ0) is 16.6. The molecule has 0 aromatic rings. The summed E-state index contributed by atoms with van der Waals surface area (Å²) in [4.78, 5) is 10.9. The summed E-state index contributed by atoms with van der Waals surface area (Å²) < 4.78 is 0. The van der Waals surface area contributed by atoms with Crippen LogP contribution in [0.4, 0.5) is 0 Å². The zero-order valence-corrected chi connectivity index (χ0v) is 14.5. The molecule has 1 aliphatic carbocycles. The molecule has 0 fully saturated rings. The van der Waals surface area contributed by atoms with Gasteiger partial charge in [0.1, 0.15) is 5.76 Å². The average molecular weight is 294 g/mol. The average Bonchev–Trinajstić information content (AvgIpc) is 2.27. The monoisotopic (exact) mass is 294 g/mol. The number of carbonyl (C=O) groups is 1. The largest absolute Gasteiger partial charge is 0.511 e. The van der Waals surface area contributed by atoms with Crippen molar-refractivity contribution in [2.45, 2.75) is 67.7 Å². The Bertz CT molecular complexity index is 484. The van der Waals surface area contributed by atoms with E-state index in [0.29, 0.717) is 12.2 Å². The molecule has 0 aliphatic heterocycles. The molecule has 1 aliphatic rings. The maximum Gasteiger partial charge on any atom is 0.303 e. The summed E-state index contributed by atoms with van der Waals surface area (Å²) in [6.07, 6.45) is 3.43. The van der Waals surface area contributed by atoms with Gasteiger partial charge in [-0.15, -0.1) is 0 Å². The molecule has 120 valence electrons. The van der Waals surface area contributed by atoms with Crippen LogP contribution < -0.4 is 0 Å². The number of carboxylic acid groups (broad SMARTS) is 1. The molecule has 0 spiro atoms. The fourth-order valence-electron chi connectivity index (χ4n) is 2.78. The van der Waals surface area contributed by atoms with Crippen molar-refractivity contribution in [3.63, 3.8) is 0 Å². The minimum Gasteiger partial charge on any atom is -0.511 e. The quantitative estimate of drug-likeness (QED) is 0.762. The Kier molecular flexibility index (Phi) is 4.67. The second-order valence-corrected chi connectivity index (χ2v) is 8.47. The molecule has 0 saturated heterocycles. The van der Waals surface area contributed by atoms with Crippen LogP contribution in [0, 0.1) is 16.2 Å². The van der Waals surface area contributed by atoms with E-state index < -0.39 is 5.97 Å². The number of hydrogen-bond donors (Lipinski definition) is 2. The van der Waals surface area contributed by atoms with Crippen molar-refractivity contribution in [1.29, 1.82) is 0 Å². The third-order valence-electron chi connectivity index (χ3n) is 4.83. The standard InChI is InChI=1S/C18H30O3/c1-16(2,3)13-10-12(8-9-14(19)20)11-18(7,15(13)21)17(4,5)6/h10,21H,8-9,11H2,1-7H3,(H,19,20). The highest BCUT2D eigenvalue weighted by atomic mass is 16.4. The van der Waals surface area contributed by atoms with E-state index in [1.807, 2.05) is 6.08 Å². The van der Waals surface area contributed by atoms with Crippen LogP contribution in [0.3, 0.4) is 0 Å². The first-order chi connectivity index (χ1) is 9.29. The number of hydrogen-bond acceptors (Lipinski definition) is 2. The minimum absolute atomic E-state index is 0.101. The number of allylic oxidation sites excluding steroid dienone is 4. The molecule has 1 rings (SSSR count). The molecule has 0 saturated carbocycles. The van der Waals surface area contributed by atoms with Gasteiger partial charge in [0.15, 0.2) is 0 Å². The van der Waals surface area contributed by atoms with Gasteiger partial charge >= 0.3 is 5.97 Å². The van der Waals surface area contributed by atoms with Crippen molar-refractivity contribution in [2.75, 3.05) is 0 Å². The molecule has 0 aromatic heterocycles. The van der Waals surface area contributed by atoms with Gasteiger partial charge in [0.2, 0.25) is 0 Å². The topological polar surface area (TPSA) is 57.5 Å². The Balaban J connectivity index is 3.32. The van der Waals surface area contributed by atoms with E-state index in [1.54, 1.807) is 0 Å². The van der Waals surface area contributed by atoms with E-state index in [9.17, 15) is 9.90 Å². The van der Waals surface area contributed by atoms with Gasteiger partial charge in [0.25, 0.3) is 0 Å². The van der Waals surface area contributed by atoms with Crippen molar-refractivity contribution in [2.24, 2.45) is 16.2 Å². The lowest BCUT2D eigenvalue weighted by Gasteiger charge is -2.46. The Hall–Kier alpha value is -1.25. The highest BCUT2D eigenvalue weighted by Gasteiger charge is 2.46. The van der Waals surface area contributed by atoms with Crippen LogP contribution in [0.15, 0.2) is 23.0 Å². The van der Waals surface area contributed by atoms with Gasteiger partial charge in [-0.25, -0.2) is 0 Å². The van der Waals surface area contributed by atoms with E-state index in [1.165, 1.54) is 0 Å². The molecule has 0 bridgehead atoms. The molecule has 3 heteroatoms. The van der Waals surface area contributed by atoms with E-state index in [4.69, 9.17) is 5.11 Å². The van der Waals surface area contributed by atoms with Crippen molar-refractivity contribution >= 4 is 5.97 Å². The lowest BCUT2D eigenvalue weighted by Crippen LogP contribution is -2.39. The molecule has 21 heavy (non-hydrogen) atoms. The lowest BCUT2D eigenvalue weighted by molar-refractivity contribution is -0.136. The molecule has 1 atom stereocenters. The fourth-order valence-corrected chi connectivity index (χ4v) is 2.78. The number of rotatable bonds is 3. The third-order valence-corrected chi connectivity index (χ3v) is 4.83. The Morgan fingerprint density at radius 1 is 1.24 bits per heavy atom. The van der Waals surface area contributed by atoms with Crippen LogP contribution in [-0.2, 0) is 4.79 Å². The molecular formula is C18H30O3. The summed E-state index contributed by atoms with van der Waals surface area (Å²) in [6.45, 7) is 14.7. The predicted molar refractivity (Wildman–Crippen MR) is 86.2 cm³/mol. The molecular weight excluding hydrogens is 264 g/mol. The van der Waals surface area contributed by atoms with Crippen LogP contribution in [-0.4, -0.2) is 16.2 Å². The molecule has 2 N–H and O–H groups in total. The summed E-state index contributed by atoms with van der Waals surface area (Å²) in [5.74, 6) is -0.314. The van der Waals surface area contributed by atoms with E-state index >= 15 is 0 Å².